The monoisotopic (exact) mass is 170 g/mol. The van der Waals surface area contributed by atoms with E-state index in [1.165, 1.54) is 13.3 Å². The zero-order chi connectivity index (χ0) is 8.27. The molecule has 1 rings (SSSR count). The molecule has 0 amide bonds. The fraction of sp³-hybridized carbons (Fsp3) is 0.167. The molecule has 0 bridgehead atoms. The van der Waals surface area contributed by atoms with Gasteiger partial charge in [0.2, 0.25) is 0 Å². The van der Waals surface area contributed by atoms with Gasteiger partial charge in [-0.05, 0) is 0 Å². The van der Waals surface area contributed by atoms with E-state index in [9.17, 15) is 4.79 Å². The molecule has 1 aromatic heterocycles. The Morgan fingerprint density at radius 2 is 2.55 bits per heavy atom. The normalized spacial score (nSPS) is 9.18. The number of aromatic amines is 1. The summed E-state index contributed by atoms with van der Waals surface area (Å²) in [7, 11) is 1.28. The minimum absolute atomic E-state index is 0.144. The second-order valence-corrected chi connectivity index (χ2v) is 2.17. The number of carbonyl (C=O) groups is 1. The lowest BCUT2D eigenvalue weighted by Gasteiger charge is -1.95. The van der Waals surface area contributed by atoms with Crippen molar-refractivity contribution in [3.05, 3.63) is 22.7 Å². The molecule has 0 saturated carbocycles. The number of nitrogens with zero attached hydrogens (tertiary/aromatic N) is 1. The van der Waals surface area contributed by atoms with Crippen LogP contribution in [0.1, 0.15) is 10.5 Å². The van der Waals surface area contributed by atoms with Crippen molar-refractivity contribution in [2.24, 2.45) is 0 Å². The molecule has 4 nitrogen and oxygen atoms in total. The second kappa shape index (κ2) is 3.25. The predicted octanol–water partition coefficient (Wildman–Crippen LogP) is 0.926. The molecule has 0 unspecified atom stereocenters. The fourth-order valence-corrected chi connectivity index (χ4v) is 0.798. The maximum absolute atomic E-state index is 10.9. The van der Waals surface area contributed by atoms with Crippen LogP contribution in [-0.2, 0) is 4.74 Å². The molecule has 0 spiro atoms. The molecule has 58 valence electrons. The quantitative estimate of drug-likeness (QED) is 0.503. The number of esters is 1. The third-order valence-electron chi connectivity index (χ3n) is 1.09. The van der Waals surface area contributed by atoms with Gasteiger partial charge in [-0.3, -0.25) is 0 Å². The first-order valence-corrected chi connectivity index (χ1v) is 3.28. The topological polar surface area (TPSA) is 55.0 Å². The average Bonchev–Trinajstić information content (AvgIpc) is 2.04. The highest BCUT2D eigenvalue weighted by atomic mass is 32.1. The van der Waals surface area contributed by atoms with E-state index < -0.39 is 5.97 Å². The lowest BCUT2D eigenvalue weighted by molar-refractivity contribution is 0.0592. The zero-order valence-corrected chi connectivity index (χ0v) is 6.64. The number of carbonyl (C=O) groups excluding carboxylic acids is 1. The van der Waals surface area contributed by atoms with E-state index in [0.29, 0.717) is 4.64 Å². The molecule has 0 saturated heterocycles. The number of methoxy groups -OCH3 is 1. The molecule has 0 aliphatic heterocycles. The van der Waals surface area contributed by atoms with Crippen molar-refractivity contribution < 1.29 is 9.53 Å². The van der Waals surface area contributed by atoms with Crippen molar-refractivity contribution in [1.29, 1.82) is 0 Å². The smallest absolute Gasteiger partial charge is 0.359 e. The summed E-state index contributed by atoms with van der Waals surface area (Å²) < 4.78 is 4.72. The molecule has 5 heteroatoms. The molecule has 0 radical (unpaired) electrons. The molecule has 0 fully saturated rings. The van der Waals surface area contributed by atoms with Gasteiger partial charge in [-0.15, -0.1) is 0 Å². The lowest BCUT2D eigenvalue weighted by Crippen LogP contribution is -2.05. The summed E-state index contributed by atoms with van der Waals surface area (Å²) in [4.78, 5) is 17.3. The summed E-state index contributed by atoms with van der Waals surface area (Å²) in [6, 6.07) is 0. The Morgan fingerprint density at radius 3 is 3.09 bits per heavy atom. The van der Waals surface area contributed by atoms with E-state index in [-0.39, 0.29) is 5.69 Å². The van der Waals surface area contributed by atoms with E-state index in [1.54, 1.807) is 6.20 Å². The van der Waals surface area contributed by atoms with Gasteiger partial charge in [0.05, 0.1) is 7.11 Å². The Kier molecular flexibility index (Phi) is 2.32. The molecule has 0 aliphatic carbocycles. The van der Waals surface area contributed by atoms with Gasteiger partial charge in [0.15, 0.2) is 5.69 Å². The highest BCUT2D eigenvalue weighted by molar-refractivity contribution is 7.71. The van der Waals surface area contributed by atoms with Crippen LogP contribution in [0.2, 0.25) is 0 Å². The van der Waals surface area contributed by atoms with Gasteiger partial charge in [0.25, 0.3) is 0 Å². The number of ether oxygens (including phenoxy) is 1. The summed E-state index contributed by atoms with van der Waals surface area (Å²) in [6.07, 6.45) is 3.00. The minimum Gasteiger partial charge on any atom is -0.464 e. The fourth-order valence-electron chi connectivity index (χ4n) is 0.594. The number of aromatic nitrogens is 2. The Morgan fingerprint density at radius 1 is 1.82 bits per heavy atom. The first-order valence-electron chi connectivity index (χ1n) is 2.87. The number of H-pyrrole nitrogens is 1. The van der Waals surface area contributed by atoms with Gasteiger partial charge >= 0.3 is 5.97 Å². The predicted molar refractivity (Wildman–Crippen MR) is 40.8 cm³/mol. The summed E-state index contributed by atoms with van der Waals surface area (Å²) in [5.74, 6) is -0.521. The van der Waals surface area contributed by atoms with Gasteiger partial charge in [-0.25, -0.2) is 9.78 Å². The Hall–Kier alpha value is -1.23. The number of nitrogens with one attached hydrogen (secondary N) is 1. The molecule has 1 aromatic rings. The van der Waals surface area contributed by atoms with Crippen molar-refractivity contribution in [1.82, 2.24) is 9.97 Å². The Balaban J connectivity index is 3.14. The van der Waals surface area contributed by atoms with Crippen molar-refractivity contribution >= 4 is 18.2 Å². The van der Waals surface area contributed by atoms with Crippen molar-refractivity contribution in [3.63, 3.8) is 0 Å². The van der Waals surface area contributed by atoms with Gasteiger partial charge in [0.1, 0.15) is 4.64 Å². The lowest BCUT2D eigenvalue weighted by atomic mass is 10.5. The first kappa shape index (κ1) is 7.87. The van der Waals surface area contributed by atoms with Gasteiger partial charge in [-0.1, -0.05) is 12.2 Å². The van der Waals surface area contributed by atoms with Gasteiger partial charge in [0, 0.05) is 12.4 Å². The van der Waals surface area contributed by atoms with Crippen LogP contribution in [0.25, 0.3) is 0 Å². The zero-order valence-electron chi connectivity index (χ0n) is 5.83. The van der Waals surface area contributed by atoms with Gasteiger partial charge in [-0.2, -0.15) is 0 Å². The number of rotatable bonds is 1. The van der Waals surface area contributed by atoms with Crippen LogP contribution in [0.3, 0.4) is 0 Å². The van der Waals surface area contributed by atoms with Crippen LogP contribution in [0.15, 0.2) is 12.4 Å². The summed E-state index contributed by atoms with van der Waals surface area (Å²) in [5.41, 5.74) is 0.144. The maximum Gasteiger partial charge on any atom is 0.359 e. The van der Waals surface area contributed by atoms with Crippen LogP contribution in [-0.4, -0.2) is 23.0 Å². The third-order valence-corrected chi connectivity index (χ3v) is 1.40. The molecular formula is C6H6N2O2S. The molecule has 1 N–H and O–H groups in total. The van der Waals surface area contributed by atoms with Crippen molar-refractivity contribution in [2.75, 3.05) is 7.11 Å². The second-order valence-electron chi connectivity index (χ2n) is 1.76. The summed E-state index contributed by atoms with van der Waals surface area (Å²) in [5, 5.41) is 0. The molecular weight excluding hydrogens is 164 g/mol. The molecule has 1 heterocycles. The highest BCUT2D eigenvalue weighted by Crippen LogP contribution is 1.95. The molecule has 0 aliphatic rings. The molecule has 0 aromatic carbocycles. The first-order chi connectivity index (χ1) is 5.25. The van der Waals surface area contributed by atoms with Crippen LogP contribution >= 0.6 is 12.2 Å². The van der Waals surface area contributed by atoms with Crippen LogP contribution in [0.5, 0.6) is 0 Å². The highest BCUT2D eigenvalue weighted by Gasteiger charge is 2.07. The summed E-state index contributed by atoms with van der Waals surface area (Å²) in [6.45, 7) is 0. The van der Waals surface area contributed by atoms with Crippen molar-refractivity contribution in [3.8, 4) is 0 Å². The minimum atomic E-state index is -0.521. The maximum atomic E-state index is 10.9. The van der Waals surface area contributed by atoms with Crippen LogP contribution < -0.4 is 0 Å². The van der Waals surface area contributed by atoms with E-state index in [1.807, 2.05) is 0 Å². The SMILES string of the molecule is COC(=O)c1ncc[nH]c1=S. The van der Waals surface area contributed by atoms with E-state index in [0.717, 1.165) is 0 Å². The van der Waals surface area contributed by atoms with Crippen LogP contribution in [0, 0.1) is 4.64 Å². The molecule has 0 atom stereocenters. The van der Waals surface area contributed by atoms with Crippen LogP contribution in [0.4, 0.5) is 0 Å². The summed E-state index contributed by atoms with van der Waals surface area (Å²) >= 11 is 4.78. The number of hydrogen-bond acceptors (Lipinski definition) is 4. The largest absolute Gasteiger partial charge is 0.464 e. The van der Waals surface area contributed by atoms with E-state index in [2.05, 4.69) is 14.7 Å². The average molecular weight is 170 g/mol. The Labute approximate surface area is 68.2 Å². The van der Waals surface area contributed by atoms with Gasteiger partial charge < -0.3 is 9.72 Å². The third kappa shape index (κ3) is 1.62. The van der Waals surface area contributed by atoms with E-state index >= 15 is 0 Å². The standard InChI is InChI=1S/C6H6N2O2S/c1-10-6(9)4-5(11)8-3-2-7-4/h2-3H,1H3,(H,8,11). The Bertz CT molecular complexity index is 320. The number of hydrogen-bond donors (Lipinski definition) is 1. The van der Waals surface area contributed by atoms with Crippen molar-refractivity contribution in [2.45, 2.75) is 0 Å². The molecule has 11 heavy (non-hydrogen) atoms. The van der Waals surface area contributed by atoms with E-state index in [4.69, 9.17) is 12.2 Å².